The lowest BCUT2D eigenvalue weighted by atomic mass is 10.1. The van der Waals surface area contributed by atoms with Gasteiger partial charge < -0.3 is 10.5 Å². The minimum absolute atomic E-state index is 0.493. The van der Waals surface area contributed by atoms with Crippen LogP contribution in [0.2, 0.25) is 5.02 Å². The Labute approximate surface area is 122 Å². The van der Waals surface area contributed by atoms with Crippen molar-refractivity contribution in [2.45, 2.75) is 26.8 Å². The van der Waals surface area contributed by atoms with Crippen LogP contribution in [0.15, 0.2) is 17.5 Å². The highest BCUT2D eigenvalue weighted by Crippen LogP contribution is 2.26. The van der Waals surface area contributed by atoms with Gasteiger partial charge in [-0.2, -0.15) is 0 Å². The van der Waals surface area contributed by atoms with Crippen LogP contribution in [0.5, 0.6) is 5.75 Å². The summed E-state index contributed by atoms with van der Waals surface area (Å²) in [6.45, 7) is 5.07. The smallest absolute Gasteiger partial charge is 0.119 e. The van der Waals surface area contributed by atoms with Crippen LogP contribution in [0.1, 0.15) is 21.8 Å². The van der Waals surface area contributed by atoms with Gasteiger partial charge in [0.1, 0.15) is 5.75 Å². The zero-order chi connectivity index (χ0) is 13.8. The van der Waals surface area contributed by atoms with Gasteiger partial charge in [0.05, 0.1) is 17.3 Å². The van der Waals surface area contributed by atoms with Gasteiger partial charge in [-0.15, -0.1) is 11.3 Å². The van der Waals surface area contributed by atoms with E-state index in [0.717, 1.165) is 39.0 Å². The second-order valence-electron chi connectivity index (χ2n) is 4.41. The molecule has 2 rings (SSSR count). The Balaban J connectivity index is 1.92. The summed E-state index contributed by atoms with van der Waals surface area (Å²) in [5.41, 5.74) is 8.55. The third kappa shape index (κ3) is 3.69. The van der Waals surface area contributed by atoms with E-state index in [2.05, 4.69) is 4.98 Å². The van der Waals surface area contributed by atoms with E-state index in [9.17, 15) is 0 Å². The third-order valence-corrected chi connectivity index (χ3v) is 4.36. The Kier molecular flexibility index (Phi) is 4.80. The standard InChI is InChI=1S/C14H17ClN2OS/c1-9-5-12(6-10(2)14(9)15)18-4-3-13-17-11(7-16)8-19-13/h5-6,8H,3-4,7,16H2,1-2H3. The summed E-state index contributed by atoms with van der Waals surface area (Å²) >= 11 is 7.75. The van der Waals surface area contributed by atoms with Crippen LogP contribution >= 0.6 is 22.9 Å². The Bertz CT molecular complexity index is 545. The number of benzene rings is 1. The van der Waals surface area contributed by atoms with Gasteiger partial charge in [-0.25, -0.2) is 4.98 Å². The van der Waals surface area contributed by atoms with Gasteiger partial charge in [0.25, 0.3) is 0 Å². The highest BCUT2D eigenvalue weighted by Gasteiger charge is 2.05. The van der Waals surface area contributed by atoms with Gasteiger partial charge in [-0.1, -0.05) is 11.6 Å². The van der Waals surface area contributed by atoms with Gasteiger partial charge in [-0.05, 0) is 37.1 Å². The van der Waals surface area contributed by atoms with Crippen molar-refractivity contribution in [2.24, 2.45) is 5.73 Å². The number of ether oxygens (including phenoxy) is 1. The number of rotatable bonds is 5. The number of halogens is 1. The van der Waals surface area contributed by atoms with Crippen LogP contribution in [0.3, 0.4) is 0 Å². The van der Waals surface area contributed by atoms with E-state index < -0.39 is 0 Å². The predicted molar refractivity (Wildman–Crippen MR) is 80.1 cm³/mol. The monoisotopic (exact) mass is 296 g/mol. The number of hydrogen-bond acceptors (Lipinski definition) is 4. The maximum atomic E-state index is 6.12. The molecule has 0 atom stereocenters. The molecule has 102 valence electrons. The van der Waals surface area contributed by atoms with E-state index in [1.54, 1.807) is 11.3 Å². The van der Waals surface area contributed by atoms with Gasteiger partial charge in [0.15, 0.2) is 0 Å². The number of thiazole rings is 1. The van der Waals surface area contributed by atoms with Gasteiger partial charge >= 0.3 is 0 Å². The van der Waals surface area contributed by atoms with E-state index in [0.29, 0.717) is 13.2 Å². The maximum absolute atomic E-state index is 6.12. The maximum Gasteiger partial charge on any atom is 0.119 e. The van der Waals surface area contributed by atoms with Crippen molar-refractivity contribution in [1.29, 1.82) is 0 Å². The molecule has 0 radical (unpaired) electrons. The summed E-state index contributed by atoms with van der Waals surface area (Å²) in [6.07, 6.45) is 0.797. The number of nitrogens with two attached hydrogens (primary N) is 1. The molecule has 0 spiro atoms. The predicted octanol–water partition coefficient (Wildman–Crippen LogP) is 3.49. The highest BCUT2D eigenvalue weighted by molar-refractivity contribution is 7.09. The molecular weight excluding hydrogens is 280 g/mol. The fourth-order valence-electron chi connectivity index (χ4n) is 1.80. The third-order valence-electron chi connectivity index (χ3n) is 2.80. The highest BCUT2D eigenvalue weighted by atomic mass is 35.5. The molecule has 1 heterocycles. The molecule has 1 aromatic carbocycles. The molecular formula is C14H17ClN2OS. The molecule has 0 saturated carbocycles. The quantitative estimate of drug-likeness (QED) is 0.919. The van der Waals surface area contributed by atoms with Gasteiger partial charge in [0.2, 0.25) is 0 Å². The molecule has 0 bridgehead atoms. The molecule has 0 fully saturated rings. The molecule has 0 amide bonds. The first-order valence-corrected chi connectivity index (χ1v) is 7.39. The fraction of sp³-hybridized carbons (Fsp3) is 0.357. The zero-order valence-corrected chi connectivity index (χ0v) is 12.6. The summed E-state index contributed by atoms with van der Waals surface area (Å²) in [5, 5.41) is 3.86. The lowest BCUT2D eigenvalue weighted by Crippen LogP contribution is -2.02. The first-order chi connectivity index (χ1) is 9.10. The van der Waals surface area contributed by atoms with Crippen molar-refractivity contribution in [3.05, 3.63) is 44.4 Å². The average Bonchev–Trinajstić information content (AvgIpc) is 2.84. The number of aryl methyl sites for hydroxylation is 2. The molecule has 5 heteroatoms. The molecule has 3 nitrogen and oxygen atoms in total. The van der Waals surface area contributed by atoms with Crippen molar-refractivity contribution >= 4 is 22.9 Å². The Morgan fingerprint density at radius 3 is 2.58 bits per heavy atom. The number of aromatic nitrogens is 1. The van der Waals surface area contributed by atoms with Crippen molar-refractivity contribution in [1.82, 2.24) is 4.98 Å². The van der Waals surface area contributed by atoms with Crippen LogP contribution in [-0.4, -0.2) is 11.6 Å². The normalized spacial score (nSPS) is 10.7. The molecule has 2 aromatic rings. The molecule has 19 heavy (non-hydrogen) atoms. The van der Waals surface area contributed by atoms with Crippen LogP contribution < -0.4 is 10.5 Å². The fourth-order valence-corrected chi connectivity index (χ4v) is 2.70. The van der Waals surface area contributed by atoms with Crippen LogP contribution in [0, 0.1) is 13.8 Å². The lowest BCUT2D eigenvalue weighted by Gasteiger charge is -2.09. The van der Waals surface area contributed by atoms with E-state index in [4.69, 9.17) is 22.1 Å². The first-order valence-electron chi connectivity index (χ1n) is 6.13. The van der Waals surface area contributed by atoms with Crippen LogP contribution in [-0.2, 0) is 13.0 Å². The lowest BCUT2D eigenvalue weighted by molar-refractivity contribution is 0.321. The molecule has 0 aliphatic heterocycles. The molecule has 2 N–H and O–H groups in total. The summed E-state index contributed by atoms with van der Waals surface area (Å²) in [5.74, 6) is 0.856. The SMILES string of the molecule is Cc1cc(OCCc2nc(CN)cs2)cc(C)c1Cl. The molecule has 0 unspecified atom stereocenters. The summed E-state index contributed by atoms with van der Waals surface area (Å²) in [6, 6.07) is 3.92. The molecule has 0 saturated heterocycles. The van der Waals surface area contributed by atoms with Gasteiger partial charge in [-0.3, -0.25) is 0 Å². The first kappa shape index (κ1) is 14.3. The molecule has 1 aromatic heterocycles. The van der Waals surface area contributed by atoms with Crippen LogP contribution in [0.25, 0.3) is 0 Å². The largest absolute Gasteiger partial charge is 0.493 e. The van der Waals surface area contributed by atoms with Crippen molar-refractivity contribution in [2.75, 3.05) is 6.61 Å². The van der Waals surface area contributed by atoms with Crippen molar-refractivity contribution in [3.63, 3.8) is 0 Å². The second kappa shape index (κ2) is 6.37. The minimum Gasteiger partial charge on any atom is -0.493 e. The number of hydrogen-bond donors (Lipinski definition) is 1. The molecule has 0 aliphatic rings. The Hall–Kier alpha value is -1.10. The van der Waals surface area contributed by atoms with Gasteiger partial charge in [0, 0.05) is 23.4 Å². The topological polar surface area (TPSA) is 48.1 Å². The van der Waals surface area contributed by atoms with E-state index in [-0.39, 0.29) is 0 Å². The Morgan fingerprint density at radius 1 is 1.32 bits per heavy atom. The van der Waals surface area contributed by atoms with Crippen molar-refractivity contribution < 1.29 is 4.74 Å². The second-order valence-corrected chi connectivity index (χ2v) is 5.73. The van der Waals surface area contributed by atoms with Crippen molar-refractivity contribution in [3.8, 4) is 5.75 Å². The molecule has 0 aliphatic carbocycles. The zero-order valence-electron chi connectivity index (χ0n) is 11.1. The number of nitrogens with zero attached hydrogens (tertiary/aromatic N) is 1. The van der Waals surface area contributed by atoms with E-state index >= 15 is 0 Å². The minimum atomic E-state index is 0.493. The van der Waals surface area contributed by atoms with E-state index in [1.165, 1.54) is 0 Å². The summed E-state index contributed by atoms with van der Waals surface area (Å²) < 4.78 is 5.75. The summed E-state index contributed by atoms with van der Waals surface area (Å²) in [4.78, 5) is 4.40. The van der Waals surface area contributed by atoms with E-state index in [1.807, 2.05) is 31.4 Å². The average molecular weight is 297 g/mol. The Morgan fingerprint density at radius 2 is 2.00 bits per heavy atom. The summed E-state index contributed by atoms with van der Waals surface area (Å²) in [7, 11) is 0. The van der Waals surface area contributed by atoms with Crippen LogP contribution in [0.4, 0.5) is 0 Å².